The molecule has 0 aromatic heterocycles. The Bertz CT molecular complexity index is 2320. The van der Waals surface area contributed by atoms with Gasteiger partial charge < -0.3 is 28.4 Å². The molecule has 0 heterocycles. The molecule has 0 amide bonds. The van der Waals surface area contributed by atoms with E-state index in [1.54, 1.807) is 85.8 Å². The van der Waals surface area contributed by atoms with E-state index in [0.717, 1.165) is 6.08 Å². The fourth-order valence-corrected chi connectivity index (χ4v) is 4.96. The SMILES string of the molecule is C=CC(=O)OCCC(=O)Oc1ccc2cc(C(=O)Oc3ccc(OC(=O)c4ccc5cc(OC(=O)CCOC(=O)C(=C)C)ccc5c4)cc3C)ccc2c1. The summed E-state index contributed by atoms with van der Waals surface area (Å²) in [5.41, 5.74) is 1.36. The molecule has 0 saturated carbocycles. The molecule has 5 rings (SSSR count). The average molecular weight is 731 g/mol. The normalized spacial score (nSPS) is 10.6. The van der Waals surface area contributed by atoms with Crippen molar-refractivity contribution in [3.05, 3.63) is 132 Å². The molecule has 54 heavy (non-hydrogen) atoms. The molecule has 0 unspecified atom stereocenters. The minimum absolute atomic E-state index is 0.124. The molecule has 0 aliphatic rings. The summed E-state index contributed by atoms with van der Waals surface area (Å²) < 4.78 is 31.6. The maximum atomic E-state index is 13.0. The van der Waals surface area contributed by atoms with Crippen molar-refractivity contribution in [1.29, 1.82) is 0 Å². The van der Waals surface area contributed by atoms with Gasteiger partial charge in [0.15, 0.2) is 0 Å². The summed E-state index contributed by atoms with van der Waals surface area (Å²) in [4.78, 5) is 72.9. The number of hydrogen-bond donors (Lipinski definition) is 0. The number of benzene rings is 5. The fraction of sp³-hybridized carbons (Fsp3) is 0.143. The third-order valence-corrected chi connectivity index (χ3v) is 7.72. The number of fused-ring (bicyclic) bond motifs is 2. The molecule has 0 radical (unpaired) electrons. The van der Waals surface area contributed by atoms with Crippen molar-refractivity contribution in [2.24, 2.45) is 0 Å². The van der Waals surface area contributed by atoms with E-state index in [2.05, 4.69) is 13.2 Å². The molecule has 12 nitrogen and oxygen atoms in total. The third-order valence-electron chi connectivity index (χ3n) is 7.72. The summed E-state index contributed by atoms with van der Waals surface area (Å²) in [7, 11) is 0. The van der Waals surface area contributed by atoms with Gasteiger partial charge in [0.2, 0.25) is 0 Å². The summed E-state index contributed by atoms with van der Waals surface area (Å²) in [6.45, 7) is 9.73. The molecule has 0 N–H and O–H groups in total. The summed E-state index contributed by atoms with van der Waals surface area (Å²) in [5, 5.41) is 2.84. The van der Waals surface area contributed by atoms with Crippen LogP contribution in [0.25, 0.3) is 21.5 Å². The Morgan fingerprint density at radius 2 is 1.04 bits per heavy atom. The molecule has 0 aliphatic carbocycles. The van der Waals surface area contributed by atoms with Gasteiger partial charge in [0, 0.05) is 11.6 Å². The quantitative estimate of drug-likeness (QED) is 0.0645. The first-order valence-corrected chi connectivity index (χ1v) is 16.5. The van der Waals surface area contributed by atoms with Gasteiger partial charge in [-0.3, -0.25) is 9.59 Å². The lowest BCUT2D eigenvalue weighted by atomic mass is 10.1. The lowest BCUT2D eigenvalue weighted by molar-refractivity contribution is -0.143. The summed E-state index contributed by atoms with van der Waals surface area (Å²) in [6, 6.07) is 24.3. The molecular weight excluding hydrogens is 696 g/mol. The number of ether oxygens (including phenoxy) is 6. The number of esters is 6. The highest BCUT2D eigenvalue weighted by Crippen LogP contribution is 2.28. The molecular formula is C42H34O12. The van der Waals surface area contributed by atoms with Crippen molar-refractivity contribution in [1.82, 2.24) is 0 Å². The first kappa shape index (κ1) is 38.2. The number of carbonyl (C=O) groups excluding carboxylic acids is 6. The largest absolute Gasteiger partial charge is 0.462 e. The predicted molar refractivity (Wildman–Crippen MR) is 196 cm³/mol. The molecule has 12 heteroatoms. The highest BCUT2D eigenvalue weighted by atomic mass is 16.6. The molecule has 0 fully saturated rings. The van der Waals surface area contributed by atoms with Gasteiger partial charge in [0.05, 0.1) is 24.0 Å². The van der Waals surface area contributed by atoms with E-state index in [9.17, 15) is 28.8 Å². The van der Waals surface area contributed by atoms with Crippen molar-refractivity contribution >= 4 is 57.4 Å². The van der Waals surface area contributed by atoms with Gasteiger partial charge in [-0.25, -0.2) is 19.2 Å². The first-order chi connectivity index (χ1) is 25.9. The first-order valence-electron chi connectivity index (χ1n) is 16.5. The molecule has 0 aliphatic heterocycles. The van der Waals surface area contributed by atoms with Crippen molar-refractivity contribution in [2.75, 3.05) is 13.2 Å². The lowest BCUT2D eigenvalue weighted by Crippen LogP contribution is -2.14. The zero-order valence-corrected chi connectivity index (χ0v) is 29.4. The molecule has 5 aromatic rings. The molecule has 0 bridgehead atoms. The second-order valence-corrected chi connectivity index (χ2v) is 11.9. The van der Waals surface area contributed by atoms with E-state index in [4.69, 9.17) is 28.4 Å². The zero-order valence-electron chi connectivity index (χ0n) is 29.4. The number of aryl methyl sites for hydroxylation is 1. The van der Waals surface area contributed by atoms with Gasteiger partial charge in [0.1, 0.15) is 36.2 Å². The van der Waals surface area contributed by atoms with Crippen LogP contribution in [0.4, 0.5) is 0 Å². The topological polar surface area (TPSA) is 158 Å². The minimum atomic E-state index is -0.629. The van der Waals surface area contributed by atoms with Gasteiger partial charge in [-0.05, 0) is 108 Å². The van der Waals surface area contributed by atoms with Crippen molar-refractivity contribution in [2.45, 2.75) is 26.7 Å². The van der Waals surface area contributed by atoms with Crippen molar-refractivity contribution < 1.29 is 57.2 Å². The zero-order chi connectivity index (χ0) is 38.8. The third kappa shape index (κ3) is 10.3. The van der Waals surface area contributed by atoms with E-state index in [-0.39, 0.29) is 54.3 Å². The predicted octanol–water partition coefficient (Wildman–Crippen LogP) is 7.18. The Balaban J connectivity index is 1.15. The summed E-state index contributed by atoms with van der Waals surface area (Å²) >= 11 is 0. The van der Waals surface area contributed by atoms with Gasteiger partial charge in [-0.15, -0.1) is 0 Å². The van der Waals surface area contributed by atoms with E-state index in [0.29, 0.717) is 38.6 Å². The van der Waals surface area contributed by atoms with Crippen LogP contribution in [0.3, 0.4) is 0 Å². The van der Waals surface area contributed by atoms with Crippen LogP contribution in [0, 0.1) is 6.92 Å². The number of carbonyl (C=O) groups is 6. The van der Waals surface area contributed by atoms with Crippen molar-refractivity contribution in [3.8, 4) is 23.0 Å². The van der Waals surface area contributed by atoms with E-state index in [1.807, 2.05) is 0 Å². The lowest BCUT2D eigenvalue weighted by Gasteiger charge is -2.11. The Morgan fingerprint density at radius 3 is 1.56 bits per heavy atom. The van der Waals surface area contributed by atoms with Crippen LogP contribution in [0.15, 0.2) is 116 Å². The molecule has 0 spiro atoms. The second kappa shape index (κ2) is 17.4. The van der Waals surface area contributed by atoms with Gasteiger partial charge >= 0.3 is 35.8 Å². The van der Waals surface area contributed by atoms with Crippen LogP contribution < -0.4 is 18.9 Å². The maximum Gasteiger partial charge on any atom is 0.343 e. The minimum Gasteiger partial charge on any atom is -0.462 e. The number of rotatable bonds is 14. The Kier molecular flexibility index (Phi) is 12.3. The van der Waals surface area contributed by atoms with E-state index < -0.39 is 35.8 Å². The van der Waals surface area contributed by atoms with E-state index in [1.165, 1.54) is 19.1 Å². The van der Waals surface area contributed by atoms with Crippen molar-refractivity contribution in [3.63, 3.8) is 0 Å². The highest BCUT2D eigenvalue weighted by Gasteiger charge is 2.16. The van der Waals surface area contributed by atoms with Gasteiger partial charge in [-0.2, -0.15) is 0 Å². The highest BCUT2D eigenvalue weighted by molar-refractivity contribution is 5.98. The maximum absolute atomic E-state index is 13.0. The fourth-order valence-electron chi connectivity index (χ4n) is 4.96. The van der Waals surface area contributed by atoms with Crippen LogP contribution in [0.2, 0.25) is 0 Å². The molecule has 0 atom stereocenters. The van der Waals surface area contributed by atoms with Gasteiger partial charge in [0.25, 0.3) is 0 Å². The van der Waals surface area contributed by atoms with Gasteiger partial charge in [-0.1, -0.05) is 37.4 Å². The summed E-state index contributed by atoms with van der Waals surface area (Å²) in [6.07, 6.45) is 0.757. The number of hydrogen-bond acceptors (Lipinski definition) is 12. The Labute approximate surface area is 309 Å². The van der Waals surface area contributed by atoms with Crippen LogP contribution in [0.1, 0.15) is 46.0 Å². The molecule has 5 aromatic carbocycles. The van der Waals surface area contributed by atoms with Crippen LogP contribution >= 0.6 is 0 Å². The smallest absolute Gasteiger partial charge is 0.343 e. The Hall–Kier alpha value is -7.08. The summed E-state index contributed by atoms with van der Waals surface area (Å²) in [5.74, 6) is -2.47. The monoisotopic (exact) mass is 730 g/mol. The average Bonchev–Trinajstić information content (AvgIpc) is 3.15. The van der Waals surface area contributed by atoms with Crippen LogP contribution in [0.5, 0.6) is 23.0 Å². The molecule has 274 valence electrons. The standard InChI is InChI=1S/C42H34O12/c1-5-37(43)49-18-16-38(44)51-34-13-11-28-22-32(9-7-30(28)24-34)42(48)54-36-15-14-33(20-26(36)4)53-41(47)31-8-6-29-23-35(12-10-27(29)21-31)52-39(45)17-19-50-40(46)25(2)3/h5-15,20-24H,1-2,16-19H2,3-4H3. The molecule has 0 saturated heterocycles. The van der Waals surface area contributed by atoms with Crippen LogP contribution in [-0.2, 0) is 28.7 Å². The van der Waals surface area contributed by atoms with E-state index >= 15 is 0 Å². The van der Waals surface area contributed by atoms with Crippen LogP contribution in [-0.4, -0.2) is 49.0 Å². The second-order valence-electron chi connectivity index (χ2n) is 11.9. The Morgan fingerprint density at radius 1 is 0.574 bits per heavy atom.